The number of carboxylic acid groups (broad SMARTS) is 1. The summed E-state index contributed by atoms with van der Waals surface area (Å²) in [6.07, 6.45) is 1.35. The van der Waals surface area contributed by atoms with Gasteiger partial charge in [0.2, 0.25) is 5.91 Å². The molecule has 0 saturated carbocycles. The fourth-order valence-corrected chi connectivity index (χ4v) is 3.90. The summed E-state index contributed by atoms with van der Waals surface area (Å²) in [7, 11) is 0. The van der Waals surface area contributed by atoms with Crippen LogP contribution in [0, 0.1) is 0 Å². The Bertz CT molecular complexity index is 868. The standard InChI is InChI=1S/C20H20Cl2N2O3/c1-2-11-3-5-12(6-4-11)7-18(25)24-16-10-17(20(26)27)23-15-9-13(21)8-14(22)19(15)16/h3-6,8-9,16-17,23H,2,7,10H2,1H3,(H,24,25)(H,26,27)/t16-,17+/m1/s1. The van der Waals surface area contributed by atoms with Crippen molar-refractivity contribution in [2.45, 2.75) is 38.3 Å². The summed E-state index contributed by atoms with van der Waals surface area (Å²) in [5.41, 5.74) is 3.30. The minimum Gasteiger partial charge on any atom is -0.480 e. The van der Waals surface area contributed by atoms with Gasteiger partial charge in [0.05, 0.1) is 12.5 Å². The van der Waals surface area contributed by atoms with Gasteiger partial charge < -0.3 is 15.7 Å². The van der Waals surface area contributed by atoms with Crippen molar-refractivity contribution in [3.05, 3.63) is 63.1 Å². The smallest absolute Gasteiger partial charge is 0.326 e. The maximum absolute atomic E-state index is 12.6. The third-order valence-corrected chi connectivity index (χ3v) is 5.20. The monoisotopic (exact) mass is 406 g/mol. The zero-order chi connectivity index (χ0) is 19.6. The van der Waals surface area contributed by atoms with Crippen LogP contribution in [0.2, 0.25) is 10.0 Å². The molecule has 27 heavy (non-hydrogen) atoms. The summed E-state index contributed by atoms with van der Waals surface area (Å²) in [5, 5.41) is 16.0. The van der Waals surface area contributed by atoms with Crippen molar-refractivity contribution in [1.29, 1.82) is 0 Å². The number of hydrogen-bond acceptors (Lipinski definition) is 3. The Labute approximate surface area is 167 Å². The highest BCUT2D eigenvalue weighted by atomic mass is 35.5. The number of carboxylic acids is 1. The normalized spacial score (nSPS) is 18.3. The van der Waals surface area contributed by atoms with E-state index in [2.05, 4.69) is 17.6 Å². The van der Waals surface area contributed by atoms with Gasteiger partial charge >= 0.3 is 5.97 Å². The van der Waals surface area contributed by atoms with Gasteiger partial charge in [-0.3, -0.25) is 4.79 Å². The van der Waals surface area contributed by atoms with Crippen LogP contribution in [0.4, 0.5) is 5.69 Å². The highest BCUT2D eigenvalue weighted by molar-refractivity contribution is 6.35. The molecule has 0 bridgehead atoms. The Hall–Kier alpha value is -2.24. The van der Waals surface area contributed by atoms with Crippen LogP contribution in [-0.4, -0.2) is 23.0 Å². The van der Waals surface area contributed by atoms with Crippen LogP contribution in [0.15, 0.2) is 36.4 Å². The lowest BCUT2D eigenvalue weighted by molar-refractivity contribution is -0.138. The van der Waals surface area contributed by atoms with E-state index in [1.807, 2.05) is 24.3 Å². The van der Waals surface area contributed by atoms with Crippen molar-refractivity contribution >= 4 is 40.8 Å². The molecule has 1 amide bonds. The van der Waals surface area contributed by atoms with Crippen LogP contribution >= 0.6 is 23.2 Å². The van der Waals surface area contributed by atoms with E-state index in [0.29, 0.717) is 21.3 Å². The molecule has 0 radical (unpaired) electrons. The lowest BCUT2D eigenvalue weighted by Crippen LogP contribution is -2.41. The highest BCUT2D eigenvalue weighted by Gasteiger charge is 2.33. The topological polar surface area (TPSA) is 78.4 Å². The Morgan fingerprint density at radius 1 is 1.19 bits per heavy atom. The van der Waals surface area contributed by atoms with Crippen molar-refractivity contribution < 1.29 is 14.7 Å². The lowest BCUT2D eigenvalue weighted by atomic mass is 9.92. The number of anilines is 1. The minimum atomic E-state index is -0.994. The molecule has 1 heterocycles. The van der Waals surface area contributed by atoms with Crippen molar-refractivity contribution in [3.63, 3.8) is 0 Å². The van der Waals surface area contributed by atoms with Gasteiger partial charge in [0, 0.05) is 27.7 Å². The van der Waals surface area contributed by atoms with Crippen LogP contribution in [0.25, 0.3) is 0 Å². The number of hydrogen-bond donors (Lipinski definition) is 3. The number of fused-ring (bicyclic) bond motifs is 1. The number of nitrogens with one attached hydrogen (secondary N) is 2. The van der Waals surface area contributed by atoms with Gasteiger partial charge in [0.1, 0.15) is 6.04 Å². The van der Waals surface area contributed by atoms with Crippen molar-refractivity contribution in [2.24, 2.45) is 0 Å². The first-order valence-corrected chi connectivity index (χ1v) is 9.48. The Morgan fingerprint density at radius 3 is 2.48 bits per heavy atom. The number of aliphatic carboxylic acids is 1. The molecular formula is C20H20Cl2N2O3. The summed E-state index contributed by atoms with van der Waals surface area (Å²) in [6.45, 7) is 2.07. The van der Waals surface area contributed by atoms with Crippen LogP contribution in [0.1, 0.15) is 36.1 Å². The average molecular weight is 407 g/mol. The molecule has 2 atom stereocenters. The third-order valence-electron chi connectivity index (χ3n) is 4.67. The second-order valence-corrected chi connectivity index (χ2v) is 7.43. The van der Waals surface area contributed by atoms with Crippen molar-refractivity contribution in [3.8, 4) is 0 Å². The summed E-state index contributed by atoms with van der Waals surface area (Å²) < 4.78 is 0. The van der Waals surface area contributed by atoms with Crippen LogP contribution in [0.5, 0.6) is 0 Å². The molecule has 0 aliphatic carbocycles. The molecule has 1 aliphatic rings. The fourth-order valence-electron chi connectivity index (χ4n) is 3.28. The van der Waals surface area contributed by atoms with Crippen LogP contribution in [-0.2, 0) is 22.4 Å². The molecular weight excluding hydrogens is 387 g/mol. The maximum atomic E-state index is 12.6. The van der Waals surface area contributed by atoms with Gasteiger partial charge in [-0.25, -0.2) is 4.79 Å². The van der Waals surface area contributed by atoms with Gasteiger partial charge in [-0.05, 0) is 29.7 Å². The van der Waals surface area contributed by atoms with Crippen molar-refractivity contribution in [1.82, 2.24) is 5.32 Å². The quantitative estimate of drug-likeness (QED) is 0.694. The van der Waals surface area contributed by atoms with E-state index >= 15 is 0 Å². The Balaban J connectivity index is 1.80. The summed E-state index contributed by atoms with van der Waals surface area (Å²) in [5.74, 6) is -1.18. The van der Waals surface area contributed by atoms with E-state index in [1.54, 1.807) is 12.1 Å². The zero-order valence-corrected chi connectivity index (χ0v) is 16.3. The van der Waals surface area contributed by atoms with E-state index in [1.165, 1.54) is 5.56 Å². The van der Waals surface area contributed by atoms with E-state index in [4.69, 9.17) is 23.2 Å². The molecule has 0 aromatic heterocycles. The maximum Gasteiger partial charge on any atom is 0.326 e. The first-order valence-electron chi connectivity index (χ1n) is 8.72. The molecule has 7 heteroatoms. The largest absolute Gasteiger partial charge is 0.480 e. The number of rotatable bonds is 5. The molecule has 3 N–H and O–H groups in total. The predicted octanol–water partition coefficient (Wildman–Crippen LogP) is 4.22. The Morgan fingerprint density at radius 2 is 1.85 bits per heavy atom. The number of carbonyl (C=O) groups excluding carboxylic acids is 1. The SMILES string of the molecule is CCc1ccc(CC(=O)N[C@@H]2C[C@@H](C(=O)O)Nc3cc(Cl)cc(Cl)c32)cc1. The van der Waals surface area contributed by atoms with Gasteiger partial charge in [0.25, 0.3) is 0 Å². The van der Waals surface area contributed by atoms with E-state index in [-0.39, 0.29) is 18.7 Å². The van der Waals surface area contributed by atoms with E-state index in [0.717, 1.165) is 12.0 Å². The number of halogens is 2. The summed E-state index contributed by atoms with van der Waals surface area (Å²) >= 11 is 12.4. The second-order valence-electron chi connectivity index (χ2n) is 6.59. The van der Waals surface area contributed by atoms with Crippen LogP contribution in [0.3, 0.4) is 0 Å². The third kappa shape index (κ3) is 4.54. The van der Waals surface area contributed by atoms with Crippen molar-refractivity contribution in [2.75, 3.05) is 5.32 Å². The molecule has 3 rings (SSSR count). The molecule has 0 fully saturated rings. The fraction of sp³-hybridized carbons (Fsp3) is 0.300. The number of amides is 1. The molecule has 142 valence electrons. The zero-order valence-electron chi connectivity index (χ0n) is 14.8. The molecule has 5 nitrogen and oxygen atoms in total. The number of benzene rings is 2. The van der Waals surface area contributed by atoms with E-state index in [9.17, 15) is 14.7 Å². The minimum absolute atomic E-state index is 0.188. The van der Waals surface area contributed by atoms with Gasteiger partial charge in [-0.2, -0.15) is 0 Å². The summed E-state index contributed by atoms with van der Waals surface area (Å²) in [6, 6.07) is 9.75. The molecule has 0 spiro atoms. The second kappa shape index (κ2) is 8.19. The Kier molecular flexibility index (Phi) is 5.92. The van der Waals surface area contributed by atoms with Crippen LogP contribution < -0.4 is 10.6 Å². The van der Waals surface area contributed by atoms with E-state index < -0.39 is 18.1 Å². The number of carbonyl (C=O) groups is 2. The molecule has 0 unspecified atom stereocenters. The molecule has 2 aromatic carbocycles. The number of aryl methyl sites for hydroxylation is 1. The summed E-state index contributed by atoms with van der Waals surface area (Å²) in [4.78, 5) is 24.0. The van der Waals surface area contributed by atoms with Gasteiger partial charge in [-0.1, -0.05) is 54.4 Å². The molecule has 0 saturated heterocycles. The lowest BCUT2D eigenvalue weighted by Gasteiger charge is -2.32. The van der Waals surface area contributed by atoms with Gasteiger partial charge in [0.15, 0.2) is 0 Å². The first kappa shape index (κ1) is 19.5. The van der Waals surface area contributed by atoms with Gasteiger partial charge in [-0.15, -0.1) is 0 Å². The predicted molar refractivity (Wildman–Crippen MR) is 107 cm³/mol. The average Bonchev–Trinajstić information content (AvgIpc) is 2.61. The molecule has 2 aromatic rings. The first-order chi connectivity index (χ1) is 12.9. The highest BCUT2D eigenvalue weighted by Crippen LogP contribution is 2.39. The molecule has 1 aliphatic heterocycles.